The summed E-state index contributed by atoms with van der Waals surface area (Å²) >= 11 is 0. The number of rotatable bonds is 0. The van der Waals surface area contributed by atoms with Crippen molar-refractivity contribution in [2.24, 2.45) is 0 Å². The predicted octanol–water partition coefficient (Wildman–Crippen LogP) is -0.390. The number of aromatic amines is 1. The Kier molecular flexibility index (Phi) is 2.48. The van der Waals surface area contributed by atoms with Crippen molar-refractivity contribution in [3.63, 3.8) is 0 Å². The quantitative estimate of drug-likeness (QED) is 0.649. The van der Waals surface area contributed by atoms with Gasteiger partial charge in [0.1, 0.15) is 0 Å². The summed E-state index contributed by atoms with van der Waals surface area (Å²) in [7, 11) is 0. The van der Waals surface area contributed by atoms with Crippen molar-refractivity contribution in [1.82, 2.24) is 14.8 Å². The summed E-state index contributed by atoms with van der Waals surface area (Å²) < 4.78 is 36.3. The van der Waals surface area contributed by atoms with Crippen LogP contribution in [0.15, 0.2) is 9.59 Å². The van der Waals surface area contributed by atoms with Crippen LogP contribution in [0, 0.1) is 0 Å². The minimum atomic E-state index is -5.02. The van der Waals surface area contributed by atoms with Gasteiger partial charge in [-0.2, -0.15) is 18.3 Å². The molecule has 0 radical (unpaired) electrons. The molecular weight excluding hydrogens is 219 g/mol. The highest BCUT2D eigenvalue weighted by molar-refractivity contribution is 5.74. The fourth-order valence-electron chi connectivity index (χ4n) is 0.799. The van der Waals surface area contributed by atoms with Crippen molar-refractivity contribution in [3.05, 3.63) is 26.5 Å². The van der Waals surface area contributed by atoms with E-state index < -0.39 is 29.0 Å². The Labute approximate surface area is 79.3 Å². The number of carbonyl (C=O) groups is 1. The smallest absolute Gasteiger partial charge is 0.273 e. The molecule has 1 aromatic heterocycles. The molecule has 0 unspecified atom stereocenters. The summed E-state index contributed by atoms with van der Waals surface area (Å²) in [5.74, 6) is -1.03. The number of nitrogens with zero attached hydrogens (tertiary/aromatic N) is 2. The van der Waals surface area contributed by atoms with E-state index in [0.717, 1.165) is 6.92 Å². The Morgan fingerprint density at radius 3 is 2.33 bits per heavy atom. The van der Waals surface area contributed by atoms with E-state index >= 15 is 0 Å². The number of H-pyrrole nitrogens is 1. The standard InChI is InChI=1S/C6H4F3N3O3/c1-2(13)12-5(15)10-4(14)3(11-12)6(7,8)9/h1H3,(H,10,14,15). The fraction of sp³-hybridized carbons (Fsp3) is 0.333. The molecule has 0 atom stereocenters. The number of carbonyl (C=O) groups excluding carboxylic acids is 1. The molecule has 1 N–H and O–H groups in total. The van der Waals surface area contributed by atoms with E-state index in [1.54, 1.807) is 0 Å². The average molecular weight is 223 g/mol. The highest BCUT2D eigenvalue weighted by Crippen LogP contribution is 2.23. The molecule has 0 aromatic carbocycles. The van der Waals surface area contributed by atoms with Gasteiger partial charge >= 0.3 is 11.9 Å². The van der Waals surface area contributed by atoms with Gasteiger partial charge in [-0.15, -0.1) is 4.68 Å². The molecular formula is C6H4F3N3O3. The van der Waals surface area contributed by atoms with Crippen LogP contribution in [-0.2, 0) is 6.18 Å². The largest absolute Gasteiger partial charge is 0.440 e. The molecule has 0 aliphatic carbocycles. The average Bonchev–Trinajstić information content (AvgIpc) is 2.00. The molecule has 0 bridgehead atoms. The monoisotopic (exact) mass is 223 g/mol. The van der Waals surface area contributed by atoms with E-state index in [1.807, 2.05) is 0 Å². The van der Waals surface area contributed by atoms with E-state index in [0.29, 0.717) is 0 Å². The topological polar surface area (TPSA) is 84.8 Å². The molecule has 15 heavy (non-hydrogen) atoms. The molecule has 1 heterocycles. The van der Waals surface area contributed by atoms with Crippen LogP contribution in [0.1, 0.15) is 17.4 Å². The first-order chi connectivity index (χ1) is 6.73. The third-order valence-electron chi connectivity index (χ3n) is 1.39. The Morgan fingerprint density at radius 1 is 1.40 bits per heavy atom. The zero-order valence-electron chi connectivity index (χ0n) is 7.25. The molecule has 0 spiro atoms. The minimum absolute atomic E-state index is 0.0653. The van der Waals surface area contributed by atoms with E-state index in [9.17, 15) is 27.6 Å². The maximum atomic E-state index is 12.1. The second-order valence-electron chi connectivity index (χ2n) is 2.54. The van der Waals surface area contributed by atoms with Crippen LogP contribution >= 0.6 is 0 Å². The minimum Gasteiger partial charge on any atom is -0.273 e. The summed E-state index contributed by atoms with van der Waals surface area (Å²) in [5.41, 5.74) is -4.82. The lowest BCUT2D eigenvalue weighted by Gasteiger charge is -2.05. The normalized spacial score (nSPS) is 11.5. The lowest BCUT2D eigenvalue weighted by Crippen LogP contribution is -2.39. The maximum Gasteiger partial charge on any atom is 0.440 e. The second kappa shape index (κ2) is 3.33. The summed E-state index contributed by atoms with van der Waals surface area (Å²) in [4.78, 5) is 33.5. The summed E-state index contributed by atoms with van der Waals surface area (Å²) in [5, 5.41) is 2.63. The van der Waals surface area contributed by atoms with Gasteiger partial charge < -0.3 is 0 Å². The first-order valence-electron chi connectivity index (χ1n) is 3.55. The summed E-state index contributed by atoms with van der Waals surface area (Å²) in [6.45, 7) is 0.840. The van der Waals surface area contributed by atoms with E-state index in [4.69, 9.17) is 0 Å². The van der Waals surface area contributed by atoms with Crippen molar-refractivity contribution >= 4 is 5.91 Å². The van der Waals surface area contributed by atoms with Gasteiger partial charge in [-0.05, 0) is 0 Å². The number of hydrogen-bond donors (Lipinski definition) is 1. The number of hydrogen-bond acceptors (Lipinski definition) is 4. The highest BCUT2D eigenvalue weighted by atomic mass is 19.4. The number of nitrogens with one attached hydrogen (secondary N) is 1. The molecule has 1 rings (SSSR count). The first-order valence-corrected chi connectivity index (χ1v) is 3.55. The van der Waals surface area contributed by atoms with Gasteiger partial charge in [0.15, 0.2) is 0 Å². The predicted molar refractivity (Wildman–Crippen MR) is 40.4 cm³/mol. The first kappa shape index (κ1) is 11.1. The van der Waals surface area contributed by atoms with Crippen molar-refractivity contribution in [2.75, 3.05) is 0 Å². The van der Waals surface area contributed by atoms with Crippen molar-refractivity contribution < 1.29 is 18.0 Å². The van der Waals surface area contributed by atoms with Crippen molar-refractivity contribution in [3.8, 4) is 0 Å². The van der Waals surface area contributed by atoms with Crippen LogP contribution in [0.4, 0.5) is 13.2 Å². The van der Waals surface area contributed by atoms with Gasteiger partial charge in [0, 0.05) is 6.92 Å². The van der Waals surface area contributed by atoms with Gasteiger partial charge in [-0.3, -0.25) is 14.6 Å². The maximum absolute atomic E-state index is 12.1. The van der Waals surface area contributed by atoms with Crippen molar-refractivity contribution in [1.29, 1.82) is 0 Å². The summed E-state index contributed by atoms with van der Waals surface area (Å²) in [6.07, 6.45) is -5.02. The Hall–Kier alpha value is -1.93. The van der Waals surface area contributed by atoms with Gasteiger partial charge in [0.25, 0.3) is 5.56 Å². The SMILES string of the molecule is CC(=O)n1nc(C(F)(F)F)c(=O)[nH]c1=O. The molecule has 0 amide bonds. The van der Waals surface area contributed by atoms with Crippen LogP contribution in [-0.4, -0.2) is 20.7 Å². The number of alkyl halides is 3. The van der Waals surface area contributed by atoms with Crippen LogP contribution in [0.5, 0.6) is 0 Å². The van der Waals surface area contributed by atoms with Crippen molar-refractivity contribution in [2.45, 2.75) is 13.1 Å². The van der Waals surface area contributed by atoms with Crippen LogP contribution in [0.25, 0.3) is 0 Å². The lowest BCUT2D eigenvalue weighted by atomic mass is 10.4. The van der Waals surface area contributed by atoms with E-state index in [2.05, 4.69) is 5.10 Å². The molecule has 0 fully saturated rings. The number of halogens is 3. The van der Waals surface area contributed by atoms with Gasteiger partial charge in [-0.25, -0.2) is 4.79 Å². The lowest BCUT2D eigenvalue weighted by molar-refractivity contribution is -0.143. The van der Waals surface area contributed by atoms with Crippen LogP contribution in [0.2, 0.25) is 0 Å². The highest BCUT2D eigenvalue weighted by Gasteiger charge is 2.37. The molecule has 82 valence electrons. The molecule has 0 aliphatic heterocycles. The summed E-state index contributed by atoms with van der Waals surface area (Å²) in [6, 6.07) is 0. The Balaban J connectivity index is 3.58. The molecule has 0 saturated carbocycles. The number of aromatic nitrogens is 3. The van der Waals surface area contributed by atoms with Crippen LogP contribution in [0.3, 0.4) is 0 Å². The fourth-order valence-corrected chi connectivity index (χ4v) is 0.799. The molecule has 1 aromatic rings. The molecule has 0 aliphatic rings. The zero-order valence-corrected chi connectivity index (χ0v) is 7.25. The van der Waals surface area contributed by atoms with Crippen LogP contribution < -0.4 is 11.2 Å². The Morgan fingerprint density at radius 2 is 1.93 bits per heavy atom. The second-order valence-corrected chi connectivity index (χ2v) is 2.54. The molecule has 6 nitrogen and oxygen atoms in total. The molecule has 9 heteroatoms. The van der Waals surface area contributed by atoms with E-state index in [1.165, 1.54) is 4.98 Å². The van der Waals surface area contributed by atoms with E-state index in [-0.39, 0.29) is 4.68 Å². The van der Waals surface area contributed by atoms with Gasteiger partial charge in [0.2, 0.25) is 11.6 Å². The third kappa shape index (κ3) is 2.11. The van der Waals surface area contributed by atoms with Gasteiger partial charge in [0.05, 0.1) is 0 Å². The Bertz CT molecular complexity index is 513. The molecule has 0 saturated heterocycles. The van der Waals surface area contributed by atoms with Gasteiger partial charge in [-0.1, -0.05) is 0 Å². The third-order valence-corrected chi connectivity index (χ3v) is 1.39. The zero-order chi connectivity index (χ0) is 11.8.